The minimum atomic E-state index is -0.485. The Morgan fingerprint density at radius 1 is 1.26 bits per heavy atom. The smallest absolute Gasteiger partial charge is 0.338 e. The van der Waals surface area contributed by atoms with Gasteiger partial charge in [0, 0.05) is 11.3 Å². The first-order valence-electron chi connectivity index (χ1n) is 5.84. The van der Waals surface area contributed by atoms with E-state index in [-0.39, 0.29) is 12.4 Å². The second-order valence-corrected chi connectivity index (χ2v) is 4.24. The van der Waals surface area contributed by atoms with Gasteiger partial charge in [0.25, 0.3) is 0 Å². The van der Waals surface area contributed by atoms with E-state index < -0.39 is 5.97 Å². The molecule has 0 saturated heterocycles. The third kappa shape index (κ3) is 3.10. The minimum Gasteiger partial charge on any atom is -0.457 e. The number of anilines is 1. The molecule has 0 fully saturated rings. The largest absolute Gasteiger partial charge is 0.457 e. The number of benzene rings is 2. The Hall–Kier alpha value is -2.36. The van der Waals surface area contributed by atoms with E-state index in [9.17, 15) is 9.18 Å². The predicted octanol–water partition coefficient (Wildman–Crippen LogP) is 3.07. The quantitative estimate of drug-likeness (QED) is 0.680. The maximum absolute atomic E-state index is 13.4. The van der Waals surface area contributed by atoms with Crippen LogP contribution < -0.4 is 5.73 Å². The molecule has 0 spiro atoms. The molecule has 2 rings (SSSR count). The fourth-order valence-corrected chi connectivity index (χ4v) is 1.75. The zero-order valence-corrected chi connectivity index (χ0v) is 10.5. The van der Waals surface area contributed by atoms with Gasteiger partial charge in [-0.3, -0.25) is 0 Å². The summed E-state index contributed by atoms with van der Waals surface area (Å²) in [7, 11) is 0. The Bertz CT molecular complexity index is 611. The van der Waals surface area contributed by atoms with Gasteiger partial charge in [0.05, 0.1) is 5.56 Å². The van der Waals surface area contributed by atoms with Gasteiger partial charge in [-0.15, -0.1) is 0 Å². The monoisotopic (exact) mass is 259 g/mol. The number of carbonyl (C=O) groups is 1. The van der Waals surface area contributed by atoms with Crippen molar-refractivity contribution in [1.29, 1.82) is 0 Å². The summed E-state index contributed by atoms with van der Waals surface area (Å²) >= 11 is 0. The standard InChI is InChI=1S/C15H14FNO2/c1-10-8-12(17)6-7-13(10)15(18)19-9-11-4-2-3-5-14(11)16/h2-8H,9,17H2,1H3. The first kappa shape index (κ1) is 13.1. The number of hydrogen-bond acceptors (Lipinski definition) is 3. The molecular weight excluding hydrogens is 245 g/mol. The van der Waals surface area contributed by atoms with Gasteiger partial charge in [-0.25, -0.2) is 9.18 Å². The molecule has 0 radical (unpaired) electrons. The Morgan fingerprint density at radius 2 is 2.00 bits per heavy atom. The van der Waals surface area contributed by atoms with E-state index in [4.69, 9.17) is 10.5 Å². The first-order valence-corrected chi connectivity index (χ1v) is 5.84. The number of esters is 1. The van der Waals surface area contributed by atoms with Crippen molar-refractivity contribution in [2.24, 2.45) is 0 Å². The van der Waals surface area contributed by atoms with Crippen LogP contribution >= 0.6 is 0 Å². The number of hydrogen-bond donors (Lipinski definition) is 1. The first-order chi connectivity index (χ1) is 9.08. The summed E-state index contributed by atoms with van der Waals surface area (Å²) in [5.41, 5.74) is 7.72. The number of rotatable bonds is 3. The maximum Gasteiger partial charge on any atom is 0.338 e. The summed E-state index contributed by atoms with van der Waals surface area (Å²) in [5.74, 6) is -0.870. The number of halogens is 1. The summed E-state index contributed by atoms with van der Waals surface area (Å²) < 4.78 is 18.5. The topological polar surface area (TPSA) is 52.3 Å². The molecule has 0 amide bonds. The second-order valence-electron chi connectivity index (χ2n) is 4.24. The van der Waals surface area contributed by atoms with Gasteiger partial charge >= 0.3 is 5.97 Å². The second kappa shape index (κ2) is 5.52. The van der Waals surface area contributed by atoms with Crippen LogP contribution in [0.15, 0.2) is 42.5 Å². The number of nitrogens with two attached hydrogens (primary N) is 1. The highest BCUT2D eigenvalue weighted by molar-refractivity contribution is 5.91. The number of aryl methyl sites for hydroxylation is 1. The van der Waals surface area contributed by atoms with Crippen molar-refractivity contribution >= 4 is 11.7 Å². The van der Waals surface area contributed by atoms with E-state index in [1.807, 2.05) is 0 Å². The van der Waals surface area contributed by atoms with Crippen molar-refractivity contribution in [2.75, 3.05) is 5.73 Å². The molecule has 0 aliphatic carbocycles. The van der Waals surface area contributed by atoms with Gasteiger partial charge in [0.2, 0.25) is 0 Å². The summed E-state index contributed by atoms with van der Waals surface area (Å²) in [4.78, 5) is 11.9. The zero-order valence-electron chi connectivity index (χ0n) is 10.5. The lowest BCUT2D eigenvalue weighted by Crippen LogP contribution is -2.08. The predicted molar refractivity (Wildman–Crippen MR) is 71.1 cm³/mol. The molecule has 0 aliphatic rings. The van der Waals surface area contributed by atoms with E-state index in [1.165, 1.54) is 6.07 Å². The van der Waals surface area contributed by atoms with Gasteiger partial charge in [-0.2, -0.15) is 0 Å². The number of carbonyl (C=O) groups excluding carboxylic acids is 1. The lowest BCUT2D eigenvalue weighted by Gasteiger charge is -2.08. The molecule has 0 aliphatic heterocycles. The molecule has 2 N–H and O–H groups in total. The maximum atomic E-state index is 13.4. The average Bonchev–Trinajstić information content (AvgIpc) is 2.37. The van der Waals surface area contributed by atoms with E-state index in [0.29, 0.717) is 16.8 Å². The van der Waals surface area contributed by atoms with E-state index in [0.717, 1.165) is 5.56 Å². The summed E-state index contributed by atoms with van der Waals surface area (Å²) in [6.07, 6.45) is 0. The summed E-state index contributed by atoms with van der Waals surface area (Å²) in [5, 5.41) is 0. The molecule has 3 nitrogen and oxygen atoms in total. The van der Waals surface area contributed by atoms with Crippen LogP contribution in [0, 0.1) is 12.7 Å². The van der Waals surface area contributed by atoms with Crippen molar-refractivity contribution in [2.45, 2.75) is 13.5 Å². The van der Waals surface area contributed by atoms with Gasteiger partial charge in [-0.05, 0) is 36.8 Å². The molecule has 4 heteroatoms. The van der Waals surface area contributed by atoms with Crippen molar-refractivity contribution in [3.63, 3.8) is 0 Å². The van der Waals surface area contributed by atoms with E-state index in [2.05, 4.69) is 0 Å². The summed E-state index contributed by atoms with van der Waals surface area (Å²) in [6, 6.07) is 11.1. The van der Waals surface area contributed by atoms with Crippen LogP contribution in [0.25, 0.3) is 0 Å². The van der Waals surface area contributed by atoms with Crippen molar-refractivity contribution in [1.82, 2.24) is 0 Å². The molecule has 19 heavy (non-hydrogen) atoms. The Morgan fingerprint density at radius 3 is 2.68 bits per heavy atom. The molecule has 0 aromatic heterocycles. The Labute approximate surface area is 110 Å². The van der Waals surface area contributed by atoms with Crippen LogP contribution in [0.2, 0.25) is 0 Å². The van der Waals surface area contributed by atoms with Crippen LogP contribution in [-0.4, -0.2) is 5.97 Å². The Balaban J connectivity index is 2.08. The molecule has 0 bridgehead atoms. The van der Waals surface area contributed by atoms with Crippen LogP contribution in [0.3, 0.4) is 0 Å². The molecule has 0 atom stereocenters. The van der Waals surface area contributed by atoms with Gasteiger partial charge in [-0.1, -0.05) is 18.2 Å². The minimum absolute atomic E-state index is 0.0880. The molecule has 0 unspecified atom stereocenters. The number of nitrogen functional groups attached to an aromatic ring is 1. The highest BCUT2D eigenvalue weighted by Crippen LogP contribution is 2.15. The SMILES string of the molecule is Cc1cc(N)ccc1C(=O)OCc1ccccc1F. The third-order valence-corrected chi connectivity index (χ3v) is 2.79. The lowest BCUT2D eigenvalue weighted by molar-refractivity contribution is 0.0468. The van der Waals surface area contributed by atoms with Crippen LogP contribution in [0.1, 0.15) is 21.5 Å². The van der Waals surface area contributed by atoms with E-state index >= 15 is 0 Å². The Kier molecular flexibility index (Phi) is 3.80. The van der Waals surface area contributed by atoms with Crippen molar-refractivity contribution in [3.05, 3.63) is 65.0 Å². The normalized spacial score (nSPS) is 10.2. The van der Waals surface area contributed by atoms with Gasteiger partial charge < -0.3 is 10.5 Å². The average molecular weight is 259 g/mol. The molecule has 2 aromatic rings. The van der Waals surface area contributed by atoms with Crippen LogP contribution in [0.5, 0.6) is 0 Å². The molecule has 2 aromatic carbocycles. The fraction of sp³-hybridized carbons (Fsp3) is 0.133. The molecule has 98 valence electrons. The highest BCUT2D eigenvalue weighted by atomic mass is 19.1. The van der Waals surface area contributed by atoms with Crippen LogP contribution in [-0.2, 0) is 11.3 Å². The van der Waals surface area contributed by atoms with Crippen molar-refractivity contribution < 1.29 is 13.9 Å². The number of ether oxygens (including phenoxy) is 1. The lowest BCUT2D eigenvalue weighted by atomic mass is 10.1. The summed E-state index contributed by atoms with van der Waals surface area (Å²) in [6.45, 7) is 1.69. The van der Waals surface area contributed by atoms with Crippen molar-refractivity contribution in [3.8, 4) is 0 Å². The third-order valence-electron chi connectivity index (χ3n) is 2.79. The zero-order chi connectivity index (χ0) is 13.8. The van der Waals surface area contributed by atoms with Gasteiger partial charge in [0.1, 0.15) is 12.4 Å². The molecule has 0 saturated carbocycles. The highest BCUT2D eigenvalue weighted by Gasteiger charge is 2.11. The fourth-order valence-electron chi connectivity index (χ4n) is 1.75. The van der Waals surface area contributed by atoms with Crippen LogP contribution in [0.4, 0.5) is 10.1 Å². The van der Waals surface area contributed by atoms with E-state index in [1.54, 1.807) is 43.3 Å². The molecule has 0 heterocycles. The molecular formula is C15H14FNO2. The van der Waals surface area contributed by atoms with Gasteiger partial charge in [0.15, 0.2) is 0 Å².